The molecule has 0 aromatic heterocycles. The number of hydrogen-bond donors (Lipinski definition) is 2. The second-order valence-electron chi connectivity index (χ2n) is 6.25. The highest BCUT2D eigenvalue weighted by molar-refractivity contribution is 5.84. The van der Waals surface area contributed by atoms with Crippen LogP contribution in [0.1, 0.15) is 33.3 Å². The predicted octanol–water partition coefficient (Wildman–Crippen LogP) is 2.61. The molecule has 0 fully saturated rings. The summed E-state index contributed by atoms with van der Waals surface area (Å²) in [5, 5.41) is 11.9. The molecule has 0 aliphatic heterocycles. The molecule has 1 unspecified atom stereocenters. The molecular weight excluding hydrogens is 286 g/mol. The third-order valence-corrected chi connectivity index (χ3v) is 2.99. The number of carbonyl (C=O) groups excluding carboxylic acids is 1. The zero-order valence-electron chi connectivity index (χ0n) is 13.6. The summed E-state index contributed by atoms with van der Waals surface area (Å²) in [6.45, 7) is 6.58. The maximum atomic E-state index is 11.9. The van der Waals surface area contributed by atoms with Crippen molar-refractivity contribution in [3.63, 3.8) is 0 Å². The summed E-state index contributed by atoms with van der Waals surface area (Å²) in [5.74, 6) is -0.578. The summed E-state index contributed by atoms with van der Waals surface area (Å²) in [6, 6.07) is 7.08. The van der Waals surface area contributed by atoms with Crippen molar-refractivity contribution >= 4 is 12.1 Å². The van der Waals surface area contributed by atoms with Gasteiger partial charge in [-0.2, -0.15) is 0 Å². The number of para-hydroxylation sites is 1. The highest BCUT2D eigenvalue weighted by Gasteiger charge is 2.37. The number of nitrogens with one attached hydrogen (secondary N) is 1. The van der Waals surface area contributed by atoms with Crippen LogP contribution in [0.15, 0.2) is 24.3 Å². The zero-order valence-corrected chi connectivity index (χ0v) is 13.6. The van der Waals surface area contributed by atoms with Crippen LogP contribution in [0.3, 0.4) is 0 Å². The number of carboxylic acid groups (broad SMARTS) is 1. The van der Waals surface area contributed by atoms with Crippen LogP contribution >= 0.6 is 0 Å². The van der Waals surface area contributed by atoms with Gasteiger partial charge in [-0.1, -0.05) is 18.2 Å². The molecule has 0 saturated carbocycles. The first-order chi connectivity index (χ1) is 10.1. The van der Waals surface area contributed by atoms with Crippen molar-refractivity contribution in [2.24, 2.45) is 0 Å². The van der Waals surface area contributed by atoms with Crippen molar-refractivity contribution < 1.29 is 24.2 Å². The van der Waals surface area contributed by atoms with Gasteiger partial charge in [-0.25, -0.2) is 9.59 Å². The van der Waals surface area contributed by atoms with Gasteiger partial charge < -0.3 is 19.9 Å². The summed E-state index contributed by atoms with van der Waals surface area (Å²) >= 11 is 0. The molecule has 0 radical (unpaired) electrons. The molecule has 2 N–H and O–H groups in total. The van der Waals surface area contributed by atoms with Crippen LogP contribution in [-0.4, -0.2) is 35.4 Å². The number of amides is 1. The first-order valence-electron chi connectivity index (χ1n) is 6.94. The van der Waals surface area contributed by atoms with Gasteiger partial charge in [0.05, 0.1) is 7.11 Å². The molecule has 1 atom stereocenters. The monoisotopic (exact) mass is 309 g/mol. The molecule has 0 heterocycles. The van der Waals surface area contributed by atoms with Crippen LogP contribution in [0, 0.1) is 0 Å². The molecule has 0 aliphatic carbocycles. The Bertz CT molecular complexity index is 550. The second-order valence-corrected chi connectivity index (χ2v) is 6.25. The Hall–Kier alpha value is -2.24. The zero-order chi connectivity index (χ0) is 17.0. The first-order valence-corrected chi connectivity index (χ1v) is 6.94. The number of carboxylic acids is 1. The van der Waals surface area contributed by atoms with Gasteiger partial charge in [0.15, 0.2) is 0 Å². The molecule has 1 rings (SSSR count). The van der Waals surface area contributed by atoms with E-state index in [1.807, 2.05) is 0 Å². The summed E-state index contributed by atoms with van der Waals surface area (Å²) in [7, 11) is 1.51. The lowest BCUT2D eigenvalue weighted by Gasteiger charge is -2.29. The fourth-order valence-corrected chi connectivity index (χ4v) is 1.93. The summed E-state index contributed by atoms with van der Waals surface area (Å²) in [6.07, 6.45) is -0.696. The molecule has 0 saturated heterocycles. The van der Waals surface area contributed by atoms with Gasteiger partial charge in [0.25, 0.3) is 0 Å². The average Bonchev–Trinajstić information content (AvgIpc) is 2.36. The van der Waals surface area contributed by atoms with Gasteiger partial charge in [-0.05, 0) is 39.3 Å². The Kier molecular flexibility index (Phi) is 5.41. The molecule has 6 heteroatoms. The number of carbonyl (C=O) groups is 2. The van der Waals surface area contributed by atoms with E-state index < -0.39 is 23.2 Å². The first kappa shape index (κ1) is 17.8. The minimum atomic E-state index is -1.50. The second kappa shape index (κ2) is 6.68. The van der Waals surface area contributed by atoms with Crippen LogP contribution in [0.25, 0.3) is 0 Å². The Morgan fingerprint density at radius 3 is 2.27 bits per heavy atom. The van der Waals surface area contributed by atoms with Gasteiger partial charge in [0, 0.05) is 6.42 Å². The van der Waals surface area contributed by atoms with Crippen LogP contribution in [-0.2, 0) is 16.0 Å². The van der Waals surface area contributed by atoms with E-state index in [9.17, 15) is 14.7 Å². The Morgan fingerprint density at radius 2 is 1.77 bits per heavy atom. The molecule has 1 aromatic carbocycles. The van der Waals surface area contributed by atoms with Gasteiger partial charge in [-0.15, -0.1) is 0 Å². The lowest BCUT2D eigenvalue weighted by atomic mass is 9.92. The number of ether oxygens (including phenoxy) is 2. The number of aliphatic carboxylic acids is 1. The van der Waals surface area contributed by atoms with E-state index in [0.717, 1.165) is 0 Å². The van der Waals surface area contributed by atoms with Crippen molar-refractivity contribution in [2.75, 3.05) is 7.11 Å². The van der Waals surface area contributed by atoms with Gasteiger partial charge in [0.1, 0.15) is 16.9 Å². The van der Waals surface area contributed by atoms with Gasteiger partial charge in [0.2, 0.25) is 0 Å². The third kappa shape index (κ3) is 4.95. The minimum absolute atomic E-state index is 0.0750. The molecule has 22 heavy (non-hydrogen) atoms. The van der Waals surface area contributed by atoms with E-state index in [2.05, 4.69) is 5.32 Å². The Balaban J connectivity index is 2.97. The standard InChI is InChI=1S/C16H23NO5/c1-15(2,3)22-14(20)17-16(4,13(18)19)10-11-8-6-7-9-12(11)21-5/h6-9H,10H2,1-5H3,(H,17,20)(H,18,19). The fraction of sp³-hybridized carbons (Fsp3) is 0.500. The predicted molar refractivity (Wildman–Crippen MR) is 82.1 cm³/mol. The molecular formula is C16H23NO5. The van der Waals surface area contributed by atoms with E-state index in [-0.39, 0.29) is 6.42 Å². The maximum absolute atomic E-state index is 11.9. The molecule has 122 valence electrons. The quantitative estimate of drug-likeness (QED) is 0.873. The fourth-order valence-electron chi connectivity index (χ4n) is 1.93. The lowest BCUT2D eigenvalue weighted by Crippen LogP contribution is -2.54. The van der Waals surface area contributed by atoms with Crippen molar-refractivity contribution in [3.8, 4) is 5.75 Å². The van der Waals surface area contributed by atoms with Crippen molar-refractivity contribution in [1.82, 2.24) is 5.32 Å². The van der Waals surface area contributed by atoms with Crippen LogP contribution < -0.4 is 10.1 Å². The molecule has 1 amide bonds. The Morgan fingerprint density at radius 1 is 1.18 bits per heavy atom. The van der Waals surface area contributed by atoms with E-state index in [1.165, 1.54) is 14.0 Å². The number of alkyl carbamates (subject to hydrolysis) is 1. The van der Waals surface area contributed by atoms with Crippen molar-refractivity contribution in [3.05, 3.63) is 29.8 Å². The summed E-state index contributed by atoms with van der Waals surface area (Å²) in [5.41, 5.74) is -1.52. The average molecular weight is 309 g/mol. The number of hydrogen-bond acceptors (Lipinski definition) is 4. The molecule has 0 spiro atoms. The summed E-state index contributed by atoms with van der Waals surface area (Å²) < 4.78 is 10.4. The SMILES string of the molecule is COc1ccccc1CC(C)(NC(=O)OC(C)(C)C)C(=O)O. The third-order valence-electron chi connectivity index (χ3n) is 2.99. The molecule has 0 bridgehead atoms. The summed E-state index contributed by atoms with van der Waals surface area (Å²) in [4.78, 5) is 23.5. The highest BCUT2D eigenvalue weighted by Crippen LogP contribution is 2.23. The van der Waals surface area contributed by atoms with Gasteiger partial charge >= 0.3 is 12.1 Å². The molecule has 0 aliphatic rings. The van der Waals surface area contributed by atoms with E-state index >= 15 is 0 Å². The lowest BCUT2D eigenvalue weighted by molar-refractivity contribution is -0.144. The van der Waals surface area contributed by atoms with Gasteiger partial charge in [-0.3, -0.25) is 0 Å². The molecule has 6 nitrogen and oxygen atoms in total. The van der Waals surface area contributed by atoms with E-state index in [0.29, 0.717) is 11.3 Å². The van der Waals surface area contributed by atoms with E-state index in [4.69, 9.17) is 9.47 Å². The van der Waals surface area contributed by atoms with Crippen LogP contribution in [0.4, 0.5) is 4.79 Å². The largest absolute Gasteiger partial charge is 0.496 e. The Labute approximate surface area is 130 Å². The maximum Gasteiger partial charge on any atom is 0.408 e. The smallest absolute Gasteiger partial charge is 0.408 e. The molecule has 1 aromatic rings. The van der Waals surface area contributed by atoms with Crippen LogP contribution in [0.2, 0.25) is 0 Å². The van der Waals surface area contributed by atoms with Crippen molar-refractivity contribution in [2.45, 2.75) is 45.3 Å². The number of rotatable bonds is 5. The highest BCUT2D eigenvalue weighted by atomic mass is 16.6. The minimum Gasteiger partial charge on any atom is -0.496 e. The number of methoxy groups -OCH3 is 1. The topological polar surface area (TPSA) is 84.9 Å². The normalized spacial score (nSPS) is 13.9. The van der Waals surface area contributed by atoms with Crippen molar-refractivity contribution in [1.29, 1.82) is 0 Å². The van der Waals surface area contributed by atoms with E-state index in [1.54, 1.807) is 45.0 Å². The number of benzene rings is 1. The van der Waals surface area contributed by atoms with Crippen LogP contribution in [0.5, 0.6) is 5.75 Å².